The molecule has 1 aromatic carbocycles. The van der Waals surface area contributed by atoms with Gasteiger partial charge < -0.3 is 10.2 Å². The number of benzene rings is 1. The molecule has 1 fully saturated rings. The second-order valence-electron chi connectivity index (χ2n) is 4.46. The highest BCUT2D eigenvalue weighted by Crippen LogP contribution is 2.19. The van der Waals surface area contributed by atoms with Crippen molar-refractivity contribution in [1.29, 1.82) is 0 Å². The molecule has 1 aromatic heterocycles. The summed E-state index contributed by atoms with van der Waals surface area (Å²) in [6.07, 6.45) is 0. The number of anilines is 1. The average Bonchev–Trinajstić information content (AvgIpc) is 2.83. The molecule has 94 valence electrons. The van der Waals surface area contributed by atoms with Crippen LogP contribution in [0.15, 0.2) is 30.3 Å². The molecule has 0 radical (unpaired) electrons. The van der Waals surface area contributed by atoms with Crippen LogP contribution in [0.2, 0.25) is 0 Å². The van der Waals surface area contributed by atoms with Gasteiger partial charge in [0.1, 0.15) is 0 Å². The largest absolute Gasteiger partial charge is 0.338 e. The number of hydrogen-bond donors (Lipinski definition) is 1. The third-order valence-corrected chi connectivity index (χ3v) is 3.17. The van der Waals surface area contributed by atoms with Crippen molar-refractivity contribution in [3.63, 3.8) is 0 Å². The molecule has 5 nitrogen and oxygen atoms in total. The number of rotatable bonds is 2. The van der Waals surface area contributed by atoms with Crippen LogP contribution < -0.4 is 10.2 Å². The van der Waals surface area contributed by atoms with Crippen molar-refractivity contribution in [3.8, 4) is 11.4 Å². The van der Waals surface area contributed by atoms with Gasteiger partial charge in [-0.2, -0.15) is 4.98 Å². The van der Waals surface area contributed by atoms with Crippen molar-refractivity contribution < 1.29 is 0 Å². The van der Waals surface area contributed by atoms with Gasteiger partial charge in [-0.3, -0.25) is 0 Å². The minimum atomic E-state index is 0.798. The summed E-state index contributed by atoms with van der Waals surface area (Å²) in [5.41, 5.74) is 1.06. The highest BCUT2D eigenvalue weighted by Gasteiger charge is 2.17. The standard InChI is InChI=1S/C13H17N5/c1-17-13(18-9-7-14-8-10-18)15-12(16-17)11-5-3-2-4-6-11/h2-6,14H,7-10H2,1H3. The Morgan fingerprint density at radius 2 is 1.83 bits per heavy atom. The van der Waals surface area contributed by atoms with Crippen LogP contribution >= 0.6 is 0 Å². The van der Waals surface area contributed by atoms with Gasteiger partial charge in [-0.05, 0) is 0 Å². The van der Waals surface area contributed by atoms with Crippen LogP contribution in [-0.4, -0.2) is 40.9 Å². The molecular weight excluding hydrogens is 226 g/mol. The summed E-state index contributed by atoms with van der Waals surface area (Å²) in [6, 6.07) is 10.1. The molecule has 1 saturated heterocycles. The molecule has 2 aromatic rings. The predicted molar refractivity (Wildman–Crippen MR) is 71.5 cm³/mol. The highest BCUT2D eigenvalue weighted by molar-refractivity contribution is 5.56. The van der Waals surface area contributed by atoms with E-state index in [1.165, 1.54) is 0 Å². The number of hydrogen-bond acceptors (Lipinski definition) is 4. The molecule has 0 aliphatic carbocycles. The molecule has 1 aliphatic heterocycles. The molecule has 18 heavy (non-hydrogen) atoms. The van der Waals surface area contributed by atoms with Gasteiger partial charge in [-0.1, -0.05) is 30.3 Å². The molecule has 0 amide bonds. The second-order valence-corrected chi connectivity index (χ2v) is 4.46. The van der Waals surface area contributed by atoms with Crippen LogP contribution in [0.4, 0.5) is 5.95 Å². The van der Waals surface area contributed by atoms with E-state index >= 15 is 0 Å². The van der Waals surface area contributed by atoms with Crippen molar-refractivity contribution in [3.05, 3.63) is 30.3 Å². The smallest absolute Gasteiger partial charge is 0.224 e. The van der Waals surface area contributed by atoms with Crippen molar-refractivity contribution in [1.82, 2.24) is 20.1 Å². The Bertz CT molecular complexity index is 513. The fourth-order valence-electron chi connectivity index (χ4n) is 2.23. The maximum Gasteiger partial charge on any atom is 0.224 e. The zero-order chi connectivity index (χ0) is 12.4. The maximum atomic E-state index is 4.65. The Hall–Kier alpha value is -1.88. The topological polar surface area (TPSA) is 46.0 Å². The van der Waals surface area contributed by atoms with Gasteiger partial charge in [0.25, 0.3) is 0 Å². The number of nitrogens with one attached hydrogen (secondary N) is 1. The SMILES string of the molecule is Cn1nc(-c2ccccc2)nc1N1CCNCC1. The molecule has 5 heteroatoms. The van der Waals surface area contributed by atoms with Crippen LogP contribution in [0, 0.1) is 0 Å². The lowest BCUT2D eigenvalue weighted by molar-refractivity contribution is 0.568. The lowest BCUT2D eigenvalue weighted by atomic mass is 10.2. The molecule has 1 aliphatic rings. The van der Waals surface area contributed by atoms with Gasteiger partial charge in [0, 0.05) is 38.8 Å². The van der Waals surface area contributed by atoms with Crippen molar-refractivity contribution >= 4 is 5.95 Å². The molecule has 0 bridgehead atoms. The van der Waals surface area contributed by atoms with Crippen LogP contribution in [0.1, 0.15) is 0 Å². The van der Waals surface area contributed by atoms with Gasteiger partial charge in [-0.25, -0.2) is 4.68 Å². The van der Waals surface area contributed by atoms with Gasteiger partial charge in [0.2, 0.25) is 5.95 Å². The zero-order valence-corrected chi connectivity index (χ0v) is 10.5. The molecule has 0 saturated carbocycles. The van der Waals surface area contributed by atoms with E-state index in [9.17, 15) is 0 Å². The zero-order valence-electron chi connectivity index (χ0n) is 10.5. The van der Waals surface area contributed by atoms with E-state index in [-0.39, 0.29) is 0 Å². The van der Waals surface area contributed by atoms with Gasteiger partial charge in [-0.15, -0.1) is 5.10 Å². The van der Waals surface area contributed by atoms with Gasteiger partial charge in [0.05, 0.1) is 0 Å². The Morgan fingerprint density at radius 3 is 2.56 bits per heavy atom. The molecular formula is C13H17N5. The molecule has 1 N–H and O–H groups in total. The summed E-state index contributed by atoms with van der Waals surface area (Å²) in [4.78, 5) is 6.93. The number of nitrogens with zero attached hydrogens (tertiary/aromatic N) is 4. The fourth-order valence-corrected chi connectivity index (χ4v) is 2.23. The predicted octanol–water partition coefficient (Wildman–Crippen LogP) is 0.892. The Morgan fingerprint density at radius 1 is 1.11 bits per heavy atom. The van der Waals surface area contributed by atoms with Crippen LogP contribution in [0.3, 0.4) is 0 Å². The number of piperazine rings is 1. The lowest BCUT2D eigenvalue weighted by Gasteiger charge is -2.27. The summed E-state index contributed by atoms with van der Waals surface area (Å²) in [6.45, 7) is 3.99. The van der Waals surface area contributed by atoms with E-state index in [4.69, 9.17) is 0 Å². The van der Waals surface area contributed by atoms with E-state index in [0.29, 0.717) is 0 Å². The first-order valence-electron chi connectivity index (χ1n) is 6.27. The second kappa shape index (κ2) is 4.78. The fraction of sp³-hybridized carbons (Fsp3) is 0.385. The van der Waals surface area contributed by atoms with E-state index in [1.807, 2.05) is 42.1 Å². The van der Waals surface area contributed by atoms with Gasteiger partial charge >= 0.3 is 0 Å². The minimum Gasteiger partial charge on any atom is -0.338 e. The Balaban J connectivity index is 1.91. The van der Waals surface area contributed by atoms with Crippen molar-refractivity contribution in [2.75, 3.05) is 31.1 Å². The van der Waals surface area contributed by atoms with Gasteiger partial charge in [0.15, 0.2) is 5.82 Å². The van der Waals surface area contributed by atoms with E-state index in [0.717, 1.165) is 43.5 Å². The maximum absolute atomic E-state index is 4.65. The summed E-state index contributed by atoms with van der Waals surface area (Å²) in [5, 5.41) is 7.84. The molecule has 0 atom stereocenters. The minimum absolute atomic E-state index is 0.798. The number of aryl methyl sites for hydroxylation is 1. The van der Waals surface area contributed by atoms with Crippen molar-refractivity contribution in [2.24, 2.45) is 7.05 Å². The highest BCUT2D eigenvalue weighted by atomic mass is 15.4. The summed E-state index contributed by atoms with van der Waals surface area (Å²) >= 11 is 0. The Kier molecular flexibility index (Phi) is 2.98. The van der Waals surface area contributed by atoms with E-state index in [1.54, 1.807) is 0 Å². The summed E-state index contributed by atoms with van der Waals surface area (Å²) < 4.78 is 1.87. The van der Waals surface area contributed by atoms with Crippen LogP contribution in [-0.2, 0) is 7.05 Å². The first-order valence-corrected chi connectivity index (χ1v) is 6.27. The molecule has 0 spiro atoms. The molecule has 3 rings (SSSR count). The third-order valence-electron chi connectivity index (χ3n) is 3.17. The first-order chi connectivity index (χ1) is 8.84. The first kappa shape index (κ1) is 11.2. The van der Waals surface area contributed by atoms with Crippen molar-refractivity contribution in [2.45, 2.75) is 0 Å². The van der Waals surface area contributed by atoms with E-state index in [2.05, 4.69) is 20.3 Å². The van der Waals surface area contributed by atoms with E-state index < -0.39 is 0 Å². The Labute approximate surface area is 106 Å². The normalized spacial score (nSPS) is 15.9. The third kappa shape index (κ3) is 2.09. The quantitative estimate of drug-likeness (QED) is 0.851. The lowest BCUT2D eigenvalue weighted by Crippen LogP contribution is -2.44. The molecule has 2 heterocycles. The summed E-state index contributed by atoms with van der Waals surface area (Å²) in [5.74, 6) is 1.75. The monoisotopic (exact) mass is 243 g/mol. The number of aromatic nitrogens is 3. The van der Waals surface area contributed by atoms with Crippen LogP contribution in [0.25, 0.3) is 11.4 Å². The average molecular weight is 243 g/mol. The summed E-state index contributed by atoms with van der Waals surface area (Å²) in [7, 11) is 1.96. The van der Waals surface area contributed by atoms with Crippen LogP contribution in [0.5, 0.6) is 0 Å². The molecule has 0 unspecified atom stereocenters.